The molecule has 3 aliphatic heterocycles. The number of ether oxygens (including phenoxy) is 1. The van der Waals surface area contributed by atoms with Crippen molar-refractivity contribution >= 4 is 35.2 Å². The Hall–Kier alpha value is -2.36. The van der Waals surface area contributed by atoms with Crippen LogP contribution in [-0.4, -0.2) is 84.2 Å². The minimum Gasteiger partial charge on any atom is -0.359 e. The Morgan fingerprint density at radius 3 is 2.71 bits per heavy atom. The predicted molar refractivity (Wildman–Crippen MR) is 167 cm³/mol. The average molecular weight is 597 g/mol. The molecule has 1 spiro atoms. The van der Waals surface area contributed by atoms with E-state index in [2.05, 4.69) is 43.4 Å². The highest BCUT2D eigenvalue weighted by atomic mass is 32.2. The van der Waals surface area contributed by atoms with Gasteiger partial charge in [-0.1, -0.05) is 58.3 Å². The van der Waals surface area contributed by atoms with Crippen molar-refractivity contribution in [1.82, 2.24) is 15.1 Å². The maximum atomic E-state index is 14.2. The molecule has 1 aromatic rings. The van der Waals surface area contributed by atoms with Crippen LogP contribution in [0.3, 0.4) is 0 Å². The molecule has 3 heterocycles. The number of nitrogens with one attached hydrogen (secondary N) is 2. The zero-order valence-corrected chi connectivity index (χ0v) is 26.6. The SMILES string of the molecule is CCCCN(C)CCCN1C(=O)[C@@H]2[C@H](C(=O)Nc3cccc(SC)c3)[C@@H]3C=C[C@@]2(O3)[C@@H]1C(=O)N[C@@H]1CCC[C@H](C)[C@H]1C. The number of anilines is 1. The molecular formula is C33H48N4O4S. The molecule has 1 aliphatic carbocycles. The van der Waals surface area contributed by atoms with Crippen molar-refractivity contribution in [3.05, 3.63) is 36.4 Å². The van der Waals surface area contributed by atoms with Gasteiger partial charge in [0.1, 0.15) is 11.6 Å². The van der Waals surface area contributed by atoms with E-state index in [9.17, 15) is 14.4 Å². The third-order valence-electron chi connectivity index (χ3n) is 10.1. The molecule has 8 atom stereocenters. The second-order valence-electron chi connectivity index (χ2n) is 12.8. The molecule has 5 rings (SSSR count). The summed E-state index contributed by atoms with van der Waals surface area (Å²) in [7, 11) is 2.10. The molecule has 1 aromatic carbocycles. The first kappa shape index (κ1) is 31.1. The number of benzene rings is 1. The van der Waals surface area contributed by atoms with E-state index in [4.69, 9.17) is 4.74 Å². The van der Waals surface area contributed by atoms with Crippen LogP contribution < -0.4 is 10.6 Å². The lowest BCUT2D eigenvalue weighted by Gasteiger charge is -2.38. The predicted octanol–water partition coefficient (Wildman–Crippen LogP) is 4.56. The second-order valence-corrected chi connectivity index (χ2v) is 13.7. The first-order chi connectivity index (χ1) is 20.2. The summed E-state index contributed by atoms with van der Waals surface area (Å²) >= 11 is 1.61. The van der Waals surface area contributed by atoms with Gasteiger partial charge in [0.25, 0.3) is 0 Å². The molecule has 230 valence electrons. The Bertz CT molecular complexity index is 1190. The molecule has 42 heavy (non-hydrogen) atoms. The van der Waals surface area contributed by atoms with Crippen molar-refractivity contribution in [2.24, 2.45) is 23.7 Å². The van der Waals surface area contributed by atoms with Gasteiger partial charge in [0.2, 0.25) is 17.7 Å². The van der Waals surface area contributed by atoms with Crippen molar-refractivity contribution in [2.75, 3.05) is 38.3 Å². The summed E-state index contributed by atoms with van der Waals surface area (Å²) in [6, 6.07) is 6.97. The van der Waals surface area contributed by atoms with E-state index in [0.29, 0.717) is 24.1 Å². The number of fused-ring (bicyclic) bond motifs is 1. The number of amides is 3. The van der Waals surface area contributed by atoms with Gasteiger partial charge in [-0.15, -0.1) is 11.8 Å². The molecule has 2 bridgehead atoms. The Morgan fingerprint density at radius 1 is 1.17 bits per heavy atom. The first-order valence-corrected chi connectivity index (χ1v) is 17.0. The summed E-state index contributed by atoms with van der Waals surface area (Å²) in [5.74, 6) is -1.07. The van der Waals surface area contributed by atoms with E-state index in [0.717, 1.165) is 50.1 Å². The normalized spacial score (nSPS) is 33.3. The zero-order chi connectivity index (χ0) is 30.0. The average Bonchev–Trinajstić information content (AvgIpc) is 3.62. The zero-order valence-electron chi connectivity index (χ0n) is 25.8. The third kappa shape index (κ3) is 5.89. The number of rotatable bonds is 12. The van der Waals surface area contributed by atoms with Crippen LogP contribution in [-0.2, 0) is 19.1 Å². The van der Waals surface area contributed by atoms with Gasteiger partial charge in [0.05, 0.1) is 17.9 Å². The van der Waals surface area contributed by atoms with Crippen LogP contribution in [0.1, 0.15) is 59.3 Å². The molecule has 3 fully saturated rings. The number of nitrogens with zero attached hydrogens (tertiary/aromatic N) is 2. The molecular weight excluding hydrogens is 548 g/mol. The number of hydrogen-bond donors (Lipinski definition) is 2. The summed E-state index contributed by atoms with van der Waals surface area (Å²) in [6.07, 6.45) is 11.5. The van der Waals surface area contributed by atoms with Crippen LogP contribution in [0.2, 0.25) is 0 Å². The van der Waals surface area contributed by atoms with Crippen molar-refractivity contribution in [3.63, 3.8) is 0 Å². The number of carbonyl (C=O) groups excluding carboxylic acids is 3. The Labute approximate surface area is 255 Å². The summed E-state index contributed by atoms with van der Waals surface area (Å²) in [5, 5.41) is 6.39. The molecule has 3 amide bonds. The van der Waals surface area contributed by atoms with E-state index in [1.54, 1.807) is 16.7 Å². The standard InChI is InChI=1S/C33H48N4O4S/c1-6-7-17-36(4)18-10-19-37-29(31(39)35-25-14-8-11-21(2)22(25)3)33-16-15-26(41-33)27(28(33)32(37)40)30(38)34-23-12-9-13-24(20-23)42-5/h9,12-13,15-16,20-22,25-29H,6-8,10-11,14,17-19H2,1-5H3,(H,34,38)(H,35,39)/t21-,22+,25+,26-,27+,28-,29-,33-/m0/s1. The van der Waals surface area contributed by atoms with E-state index in [1.165, 1.54) is 6.42 Å². The van der Waals surface area contributed by atoms with Crippen LogP contribution in [0, 0.1) is 23.7 Å². The molecule has 4 aliphatic rings. The van der Waals surface area contributed by atoms with Crippen molar-refractivity contribution in [2.45, 2.75) is 88.0 Å². The van der Waals surface area contributed by atoms with Crippen LogP contribution in [0.15, 0.2) is 41.3 Å². The highest BCUT2D eigenvalue weighted by molar-refractivity contribution is 7.98. The summed E-state index contributed by atoms with van der Waals surface area (Å²) in [6.45, 7) is 8.94. The van der Waals surface area contributed by atoms with Crippen molar-refractivity contribution in [3.8, 4) is 0 Å². The van der Waals surface area contributed by atoms with Gasteiger partial charge in [-0.3, -0.25) is 14.4 Å². The minimum atomic E-state index is -1.13. The summed E-state index contributed by atoms with van der Waals surface area (Å²) in [4.78, 5) is 47.3. The number of hydrogen-bond acceptors (Lipinski definition) is 6. The molecule has 9 heteroatoms. The van der Waals surface area contributed by atoms with E-state index >= 15 is 0 Å². The second kappa shape index (κ2) is 13.1. The summed E-state index contributed by atoms with van der Waals surface area (Å²) in [5.41, 5.74) is -0.438. The number of carbonyl (C=O) groups is 3. The van der Waals surface area contributed by atoms with Gasteiger partial charge >= 0.3 is 0 Å². The van der Waals surface area contributed by atoms with Crippen LogP contribution in [0.4, 0.5) is 5.69 Å². The lowest BCUT2D eigenvalue weighted by Crippen LogP contribution is -2.58. The monoisotopic (exact) mass is 596 g/mol. The molecule has 0 radical (unpaired) electrons. The third-order valence-corrected chi connectivity index (χ3v) is 10.9. The Morgan fingerprint density at radius 2 is 1.95 bits per heavy atom. The molecule has 0 unspecified atom stereocenters. The molecule has 1 saturated carbocycles. The lowest BCUT2D eigenvalue weighted by atomic mass is 9.73. The molecule has 0 aromatic heterocycles. The Balaban J connectivity index is 1.39. The van der Waals surface area contributed by atoms with Crippen molar-refractivity contribution < 1.29 is 19.1 Å². The van der Waals surface area contributed by atoms with Gasteiger partial charge in [-0.25, -0.2) is 0 Å². The minimum absolute atomic E-state index is 0.0687. The van der Waals surface area contributed by atoms with E-state index < -0.39 is 29.6 Å². The first-order valence-electron chi connectivity index (χ1n) is 15.8. The van der Waals surface area contributed by atoms with Crippen LogP contribution >= 0.6 is 11.8 Å². The van der Waals surface area contributed by atoms with Crippen molar-refractivity contribution in [1.29, 1.82) is 0 Å². The fourth-order valence-electron chi connectivity index (χ4n) is 7.53. The summed E-state index contributed by atoms with van der Waals surface area (Å²) < 4.78 is 6.54. The van der Waals surface area contributed by atoms with Crippen LogP contribution in [0.25, 0.3) is 0 Å². The molecule has 2 N–H and O–H groups in total. The van der Waals surface area contributed by atoms with Gasteiger partial charge in [0.15, 0.2) is 0 Å². The fraction of sp³-hybridized carbons (Fsp3) is 0.667. The smallest absolute Gasteiger partial charge is 0.246 e. The Kier molecular flexibility index (Phi) is 9.69. The van der Waals surface area contributed by atoms with E-state index in [-0.39, 0.29) is 23.8 Å². The van der Waals surface area contributed by atoms with Gasteiger partial charge in [-0.05, 0) is 75.7 Å². The van der Waals surface area contributed by atoms with Crippen LogP contribution in [0.5, 0.6) is 0 Å². The molecule has 2 saturated heterocycles. The van der Waals surface area contributed by atoms with Gasteiger partial charge < -0.3 is 25.2 Å². The largest absolute Gasteiger partial charge is 0.359 e. The quantitative estimate of drug-likeness (QED) is 0.272. The van der Waals surface area contributed by atoms with E-state index in [1.807, 2.05) is 42.7 Å². The molecule has 8 nitrogen and oxygen atoms in total. The highest BCUT2D eigenvalue weighted by Gasteiger charge is 2.72. The highest BCUT2D eigenvalue weighted by Crippen LogP contribution is 2.55. The maximum Gasteiger partial charge on any atom is 0.246 e. The topological polar surface area (TPSA) is 91.0 Å². The maximum absolute atomic E-state index is 14.2. The fourth-order valence-corrected chi connectivity index (χ4v) is 7.99. The number of likely N-dealkylation sites (tertiary alicyclic amines) is 1. The lowest BCUT2D eigenvalue weighted by molar-refractivity contribution is -0.141. The number of unbranched alkanes of at least 4 members (excludes halogenated alkanes) is 1. The number of thioether (sulfide) groups is 1. The van der Waals surface area contributed by atoms with Gasteiger partial charge in [-0.2, -0.15) is 0 Å². The van der Waals surface area contributed by atoms with Gasteiger partial charge in [0, 0.05) is 23.2 Å².